The third-order valence-corrected chi connectivity index (χ3v) is 3.01. The summed E-state index contributed by atoms with van der Waals surface area (Å²) < 4.78 is 5.81. The molecule has 1 aromatic carbocycles. The van der Waals surface area contributed by atoms with Crippen LogP contribution in [0.15, 0.2) is 22.7 Å². The Balaban J connectivity index is 3.06. The van der Waals surface area contributed by atoms with Gasteiger partial charge in [-0.1, -0.05) is 15.9 Å². The van der Waals surface area contributed by atoms with Gasteiger partial charge in [-0.3, -0.25) is 0 Å². The maximum atomic E-state index is 11.8. The molecule has 2 N–H and O–H groups in total. The van der Waals surface area contributed by atoms with Crippen LogP contribution in [-0.4, -0.2) is 23.1 Å². The van der Waals surface area contributed by atoms with Gasteiger partial charge < -0.3 is 20.0 Å². The van der Waals surface area contributed by atoms with Crippen molar-refractivity contribution in [1.29, 1.82) is 0 Å². The van der Waals surface area contributed by atoms with Crippen LogP contribution in [0.1, 0.15) is 33.3 Å². The van der Waals surface area contributed by atoms with Gasteiger partial charge in [-0.05, 0) is 45.9 Å². The van der Waals surface area contributed by atoms with E-state index in [2.05, 4.69) is 21.2 Å². The Morgan fingerprint density at radius 1 is 1.35 bits per heavy atom. The van der Waals surface area contributed by atoms with Crippen molar-refractivity contribution in [2.75, 3.05) is 0 Å². The van der Waals surface area contributed by atoms with Crippen molar-refractivity contribution in [2.45, 2.75) is 38.8 Å². The molecule has 0 saturated heterocycles. The Morgan fingerprint density at radius 2 is 1.95 bits per heavy atom. The number of aldehydes is 1. The van der Waals surface area contributed by atoms with E-state index in [1.165, 1.54) is 13.0 Å². The molecule has 1 amide bonds. The molecule has 110 valence electrons. The van der Waals surface area contributed by atoms with Crippen LogP contribution in [0, 0.1) is 0 Å². The monoisotopic (exact) mass is 343 g/mol. The van der Waals surface area contributed by atoms with Crippen molar-refractivity contribution in [3.63, 3.8) is 0 Å². The van der Waals surface area contributed by atoms with Crippen molar-refractivity contribution in [2.24, 2.45) is 0 Å². The van der Waals surface area contributed by atoms with E-state index in [1.54, 1.807) is 32.9 Å². The molecule has 0 aliphatic heterocycles. The zero-order valence-electron chi connectivity index (χ0n) is 11.9. The lowest BCUT2D eigenvalue weighted by molar-refractivity contribution is -0.113. The predicted octanol–water partition coefficient (Wildman–Crippen LogP) is 3.09. The number of amides is 1. The molecule has 0 heterocycles. The van der Waals surface area contributed by atoms with Crippen LogP contribution in [0.5, 0.6) is 5.75 Å². The highest BCUT2D eigenvalue weighted by atomic mass is 79.9. The summed E-state index contributed by atoms with van der Waals surface area (Å²) in [5.74, 6) is -0.0844. The number of hydrogen-bond donors (Lipinski definition) is 2. The third-order valence-electron chi connectivity index (χ3n) is 2.51. The molecule has 0 saturated carbocycles. The number of aromatic hydroxyl groups is 1. The predicted molar refractivity (Wildman–Crippen MR) is 78.6 cm³/mol. The second kappa shape index (κ2) is 5.83. The number of hydrogen-bond acceptors (Lipinski definition) is 4. The molecule has 6 heteroatoms. The summed E-state index contributed by atoms with van der Waals surface area (Å²) in [6, 6.07) is 4.65. The highest BCUT2D eigenvalue weighted by Gasteiger charge is 2.33. The number of phenols is 1. The number of phenolic OH excluding ortho intramolecular Hbond substituents is 1. The Kier molecular flexibility index (Phi) is 4.81. The topological polar surface area (TPSA) is 75.6 Å². The van der Waals surface area contributed by atoms with Crippen LogP contribution in [0.4, 0.5) is 4.79 Å². The fourth-order valence-corrected chi connectivity index (χ4v) is 1.96. The summed E-state index contributed by atoms with van der Waals surface area (Å²) in [5, 5.41) is 12.3. The first-order chi connectivity index (χ1) is 9.07. The molecule has 0 spiro atoms. The number of rotatable bonds is 3. The number of benzene rings is 1. The second-order valence-electron chi connectivity index (χ2n) is 5.61. The van der Waals surface area contributed by atoms with Gasteiger partial charge in [-0.25, -0.2) is 4.79 Å². The third kappa shape index (κ3) is 4.23. The van der Waals surface area contributed by atoms with E-state index in [1.807, 2.05) is 0 Å². The first-order valence-electron chi connectivity index (χ1n) is 6.04. The Labute approximate surface area is 126 Å². The van der Waals surface area contributed by atoms with Crippen LogP contribution in [0.2, 0.25) is 0 Å². The minimum atomic E-state index is -1.38. The van der Waals surface area contributed by atoms with Crippen LogP contribution in [0.25, 0.3) is 0 Å². The molecule has 0 aliphatic rings. The average Bonchev–Trinajstić information content (AvgIpc) is 2.29. The number of halogens is 1. The number of ether oxygens (including phenoxy) is 1. The molecule has 0 radical (unpaired) electrons. The summed E-state index contributed by atoms with van der Waals surface area (Å²) in [5.41, 5.74) is -1.77. The van der Waals surface area contributed by atoms with Crippen molar-refractivity contribution >= 4 is 28.3 Å². The molecule has 1 atom stereocenters. The fraction of sp³-hybridized carbons (Fsp3) is 0.429. The molecule has 0 fully saturated rings. The van der Waals surface area contributed by atoms with Crippen molar-refractivity contribution in [3.05, 3.63) is 28.2 Å². The van der Waals surface area contributed by atoms with Crippen molar-refractivity contribution in [3.8, 4) is 5.75 Å². The van der Waals surface area contributed by atoms with Crippen molar-refractivity contribution in [1.82, 2.24) is 5.32 Å². The maximum absolute atomic E-state index is 11.8. The molecular formula is C14H18BrNO4. The van der Waals surface area contributed by atoms with Crippen LogP contribution < -0.4 is 5.32 Å². The van der Waals surface area contributed by atoms with E-state index >= 15 is 0 Å². The molecular weight excluding hydrogens is 326 g/mol. The zero-order chi connectivity index (χ0) is 15.6. The lowest BCUT2D eigenvalue weighted by Crippen LogP contribution is -2.47. The van der Waals surface area contributed by atoms with Gasteiger partial charge >= 0.3 is 6.09 Å². The van der Waals surface area contributed by atoms with Crippen molar-refractivity contribution < 1.29 is 19.4 Å². The summed E-state index contributed by atoms with van der Waals surface area (Å²) in [6.45, 7) is 6.66. The van der Waals surface area contributed by atoms with Gasteiger partial charge in [0.15, 0.2) is 0 Å². The Morgan fingerprint density at radius 3 is 2.45 bits per heavy atom. The quantitative estimate of drug-likeness (QED) is 0.827. The standard InChI is InChI=1S/C14H18BrNO4/c1-13(2,3)20-12(19)16-14(4,8-17)10-7-9(15)5-6-11(10)18/h5-8,18H,1-4H3,(H,16,19). The van der Waals surface area contributed by atoms with Crippen LogP contribution >= 0.6 is 15.9 Å². The van der Waals surface area contributed by atoms with E-state index in [-0.39, 0.29) is 11.3 Å². The number of carbonyl (C=O) groups is 2. The SMILES string of the molecule is CC(C)(C)OC(=O)NC(C)(C=O)c1cc(Br)ccc1O. The van der Waals surface area contributed by atoms with Crippen LogP contribution in [0.3, 0.4) is 0 Å². The largest absolute Gasteiger partial charge is 0.508 e. The zero-order valence-corrected chi connectivity index (χ0v) is 13.4. The molecule has 1 unspecified atom stereocenters. The highest BCUT2D eigenvalue weighted by molar-refractivity contribution is 9.10. The molecule has 1 aromatic rings. The first-order valence-corrected chi connectivity index (χ1v) is 6.83. The molecule has 0 aliphatic carbocycles. The van der Waals surface area contributed by atoms with E-state index in [9.17, 15) is 14.7 Å². The molecule has 20 heavy (non-hydrogen) atoms. The van der Waals surface area contributed by atoms with Gasteiger partial charge in [0.1, 0.15) is 23.2 Å². The Bertz CT molecular complexity index is 524. The summed E-state index contributed by atoms with van der Waals surface area (Å²) >= 11 is 3.26. The smallest absolute Gasteiger partial charge is 0.408 e. The second-order valence-corrected chi connectivity index (χ2v) is 6.52. The summed E-state index contributed by atoms with van der Waals surface area (Å²) in [4.78, 5) is 23.2. The molecule has 1 rings (SSSR count). The minimum absolute atomic E-state index is 0.0844. The lowest BCUT2D eigenvalue weighted by Gasteiger charge is -2.28. The number of nitrogens with one attached hydrogen (secondary N) is 1. The van der Waals surface area contributed by atoms with E-state index in [0.29, 0.717) is 10.8 Å². The molecule has 5 nitrogen and oxygen atoms in total. The van der Waals surface area contributed by atoms with Gasteiger partial charge in [-0.2, -0.15) is 0 Å². The average molecular weight is 344 g/mol. The van der Waals surface area contributed by atoms with E-state index in [4.69, 9.17) is 4.74 Å². The lowest BCUT2D eigenvalue weighted by atomic mass is 9.93. The van der Waals surface area contributed by atoms with Crippen LogP contribution in [-0.2, 0) is 15.1 Å². The number of carbonyl (C=O) groups excluding carboxylic acids is 2. The minimum Gasteiger partial charge on any atom is -0.508 e. The highest BCUT2D eigenvalue weighted by Crippen LogP contribution is 2.30. The van der Waals surface area contributed by atoms with Gasteiger partial charge in [0, 0.05) is 10.0 Å². The fourth-order valence-electron chi connectivity index (χ4n) is 1.60. The summed E-state index contributed by atoms with van der Waals surface area (Å²) in [7, 11) is 0. The maximum Gasteiger partial charge on any atom is 0.408 e. The summed E-state index contributed by atoms with van der Waals surface area (Å²) in [6.07, 6.45) is -0.176. The molecule has 0 bridgehead atoms. The Hall–Kier alpha value is -1.56. The number of alkyl carbamates (subject to hydrolysis) is 1. The van der Waals surface area contributed by atoms with Gasteiger partial charge in [0.05, 0.1) is 0 Å². The molecule has 0 aromatic heterocycles. The van der Waals surface area contributed by atoms with Gasteiger partial charge in [0.25, 0.3) is 0 Å². The van der Waals surface area contributed by atoms with Gasteiger partial charge in [-0.15, -0.1) is 0 Å². The first kappa shape index (κ1) is 16.5. The van der Waals surface area contributed by atoms with Gasteiger partial charge in [0.2, 0.25) is 0 Å². The van der Waals surface area contributed by atoms with E-state index < -0.39 is 17.2 Å². The van der Waals surface area contributed by atoms with E-state index in [0.717, 1.165) is 0 Å². The normalized spacial score (nSPS) is 14.2.